The van der Waals surface area contributed by atoms with Gasteiger partial charge in [0, 0.05) is 39.3 Å². The van der Waals surface area contributed by atoms with Gasteiger partial charge in [0.1, 0.15) is 0 Å². The lowest BCUT2D eigenvalue weighted by atomic mass is 10.3. The second-order valence-corrected chi connectivity index (χ2v) is 5.74. The van der Waals surface area contributed by atoms with Crippen molar-refractivity contribution in [2.24, 2.45) is 0 Å². The summed E-state index contributed by atoms with van der Waals surface area (Å²) in [4.78, 5) is 16.5. The molecule has 0 aliphatic carbocycles. The van der Waals surface area contributed by atoms with Gasteiger partial charge < -0.3 is 19.7 Å². The molecule has 1 N–H and O–H groups in total. The zero-order chi connectivity index (χ0) is 16.5. The highest BCUT2D eigenvalue weighted by atomic mass is 16.5. The number of amides is 1. The van der Waals surface area contributed by atoms with Crippen LogP contribution in [-0.4, -0.2) is 75.7 Å². The summed E-state index contributed by atoms with van der Waals surface area (Å²) in [6.07, 6.45) is 0.348. The molecule has 1 fully saturated rings. The van der Waals surface area contributed by atoms with Crippen LogP contribution in [0.1, 0.15) is 6.42 Å². The Morgan fingerprint density at radius 1 is 1.17 bits per heavy atom. The molecule has 6 nitrogen and oxygen atoms in total. The zero-order valence-electron chi connectivity index (χ0n) is 14.1. The van der Waals surface area contributed by atoms with Gasteiger partial charge in [-0.15, -0.1) is 0 Å². The van der Waals surface area contributed by atoms with E-state index in [0.29, 0.717) is 31.1 Å². The second kappa shape index (κ2) is 9.37. The van der Waals surface area contributed by atoms with Gasteiger partial charge >= 0.3 is 0 Å². The average Bonchev–Trinajstić information content (AvgIpc) is 2.57. The molecule has 1 heterocycles. The van der Waals surface area contributed by atoms with Gasteiger partial charge in [-0.1, -0.05) is 12.1 Å². The third-order valence-electron chi connectivity index (χ3n) is 4.00. The van der Waals surface area contributed by atoms with Crippen molar-refractivity contribution in [3.8, 4) is 11.5 Å². The number of rotatable bonds is 8. The van der Waals surface area contributed by atoms with Crippen LogP contribution < -0.4 is 14.8 Å². The Labute approximate surface area is 138 Å². The van der Waals surface area contributed by atoms with Crippen molar-refractivity contribution in [3.63, 3.8) is 0 Å². The molecule has 0 spiro atoms. The van der Waals surface area contributed by atoms with Crippen molar-refractivity contribution in [2.45, 2.75) is 6.42 Å². The number of hydrogen-bond acceptors (Lipinski definition) is 5. The summed E-state index contributed by atoms with van der Waals surface area (Å²) in [5.74, 6) is 1.37. The molecule has 1 aromatic carbocycles. The van der Waals surface area contributed by atoms with Crippen molar-refractivity contribution in [1.82, 2.24) is 15.1 Å². The highest BCUT2D eigenvalue weighted by Crippen LogP contribution is 2.25. The summed E-state index contributed by atoms with van der Waals surface area (Å²) in [7, 11) is 3.74. The fourth-order valence-electron chi connectivity index (χ4n) is 2.51. The third kappa shape index (κ3) is 6.08. The molecule has 1 aliphatic heterocycles. The van der Waals surface area contributed by atoms with E-state index in [1.165, 1.54) is 0 Å². The first kappa shape index (κ1) is 17.6. The SMILES string of the molecule is COc1ccccc1OCCC(=O)NCCN1CCN(C)CC1. The first-order valence-electron chi connectivity index (χ1n) is 8.12. The van der Waals surface area contributed by atoms with Crippen LogP contribution in [0.2, 0.25) is 0 Å². The maximum absolute atomic E-state index is 11.8. The number of para-hydroxylation sites is 2. The van der Waals surface area contributed by atoms with Crippen LogP contribution >= 0.6 is 0 Å². The van der Waals surface area contributed by atoms with Crippen LogP contribution in [0, 0.1) is 0 Å². The van der Waals surface area contributed by atoms with Gasteiger partial charge in [0.05, 0.1) is 20.1 Å². The summed E-state index contributed by atoms with van der Waals surface area (Å²) in [5, 5.41) is 2.95. The number of ether oxygens (including phenoxy) is 2. The highest BCUT2D eigenvalue weighted by Gasteiger charge is 2.13. The number of carbonyl (C=O) groups is 1. The van der Waals surface area contributed by atoms with Gasteiger partial charge in [0.2, 0.25) is 5.91 Å². The minimum atomic E-state index is 0.0222. The lowest BCUT2D eigenvalue weighted by Crippen LogP contribution is -2.46. The first-order chi connectivity index (χ1) is 11.2. The molecule has 1 saturated heterocycles. The predicted molar refractivity (Wildman–Crippen MR) is 90.1 cm³/mol. The van der Waals surface area contributed by atoms with E-state index in [0.717, 1.165) is 32.7 Å². The number of methoxy groups -OCH3 is 1. The molecule has 0 bridgehead atoms. The molecular weight excluding hydrogens is 294 g/mol. The monoisotopic (exact) mass is 321 g/mol. The van der Waals surface area contributed by atoms with Gasteiger partial charge in [0.25, 0.3) is 0 Å². The van der Waals surface area contributed by atoms with Crippen molar-refractivity contribution >= 4 is 5.91 Å². The number of likely N-dealkylation sites (N-methyl/N-ethyl adjacent to an activating group) is 1. The van der Waals surface area contributed by atoms with Crippen molar-refractivity contribution in [2.75, 3.05) is 60.0 Å². The standard InChI is InChI=1S/C17H27N3O3/c1-19-10-12-20(13-11-19)9-8-18-17(21)7-14-23-16-6-4-3-5-15(16)22-2/h3-6H,7-14H2,1-2H3,(H,18,21). The Kier molecular flexibility index (Phi) is 7.16. The fraction of sp³-hybridized carbons (Fsp3) is 0.588. The summed E-state index contributed by atoms with van der Waals surface area (Å²) >= 11 is 0. The molecule has 128 valence electrons. The van der Waals surface area contributed by atoms with Crippen LogP contribution in [0.25, 0.3) is 0 Å². The molecule has 2 rings (SSSR count). The van der Waals surface area contributed by atoms with Crippen LogP contribution in [0.5, 0.6) is 11.5 Å². The summed E-state index contributed by atoms with van der Waals surface area (Å²) in [5.41, 5.74) is 0. The molecule has 0 saturated carbocycles. The minimum Gasteiger partial charge on any atom is -0.493 e. The molecule has 1 amide bonds. The van der Waals surface area contributed by atoms with E-state index < -0.39 is 0 Å². The number of piperazine rings is 1. The van der Waals surface area contributed by atoms with Crippen molar-refractivity contribution in [1.29, 1.82) is 0 Å². The lowest BCUT2D eigenvalue weighted by molar-refractivity contribution is -0.121. The van der Waals surface area contributed by atoms with Gasteiger partial charge in [-0.25, -0.2) is 0 Å². The summed E-state index contributed by atoms with van der Waals surface area (Å²) in [6, 6.07) is 7.44. The predicted octanol–water partition coefficient (Wildman–Crippen LogP) is 0.828. The number of hydrogen-bond donors (Lipinski definition) is 1. The Morgan fingerprint density at radius 2 is 1.87 bits per heavy atom. The summed E-state index contributed by atoms with van der Waals surface area (Å²) < 4.78 is 10.8. The molecule has 0 unspecified atom stereocenters. The molecule has 1 aliphatic rings. The number of carbonyl (C=O) groups excluding carboxylic acids is 1. The smallest absolute Gasteiger partial charge is 0.223 e. The van der Waals surface area contributed by atoms with Gasteiger partial charge in [-0.2, -0.15) is 0 Å². The quantitative estimate of drug-likeness (QED) is 0.768. The van der Waals surface area contributed by atoms with E-state index in [1.807, 2.05) is 24.3 Å². The molecule has 0 aromatic heterocycles. The maximum Gasteiger partial charge on any atom is 0.223 e. The van der Waals surface area contributed by atoms with Crippen LogP contribution in [0.4, 0.5) is 0 Å². The average molecular weight is 321 g/mol. The third-order valence-corrected chi connectivity index (χ3v) is 4.00. The molecule has 0 atom stereocenters. The first-order valence-corrected chi connectivity index (χ1v) is 8.12. The maximum atomic E-state index is 11.8. The molecule has 1 aromatic rings. The van der Waals surface area contributed by atoms with Crippen LogP contribution in [-0.2, 0) is 4.79 Å². The van der Waals surface area contributed by atoms with Gasteiger partial charge in [-0.05, 0) is 19.2 Å². The summed E-state index contributed by atoms with van der Waals surface area (Å²) in [6.45, 7) is 6.29. The van der Waals surface area contributed by atoms with E-state index in [4.69, 9.17) is 9.47 Å². The topological polar surface area (TPSA) is 54.0 Å². The Balaban J connectivity index is 1.58. The van der Waals surface area contributed by atoms with E-state index >= 15 is 0 Å². The molecule has 0 radical (unpaired) electrons. The van der Waals surface area contributed by atoms with E-state index in [2.05, 4.69) is 22.2 Å². The lowest BCUT2D eigenvalue weighted by Gasteiger charge is -2.32. The highest BCUT2D eigenvalue weighted by molar-refractivity contribution is 5.75. The Hall–Kier alpha value is -1.79. The molecule has 6 heteroatoms. The fourth-order valence-corrected chi connectivity index (χ4v) is 2.51. The number of nitrogens with zero attached hydrogens (tertiary/aromatic N) is 2. The van der Waals surface area contributed by atoms with E-state index in [-0.39, 0.29) is 5.91 Å². The van der Waals surface area contributed by atoms with Crippen molar-refractivity contribution in [3.05, 3.63) is 24.3 Å². The van der Waals surface area contributed by atoms with Gasteiger partial charge in [0.15, 0.2) is 11.5 Å². The molecular formula is C17H27N3O3. The zero-order valence-corrected chi connectivity index (χ0v) is 14.1. The van der Waals surface area contributed by atoms with Crippen LogP contribution in [0.15, 0.2) is 24.3 Å². The van der Waals surface area contributed by atoms with Crippen molar-refractivity contribution < 1.29 is 14.3 Å². The van der Waals surface area contributed by atoms with E-state index in [9.17, 15) is 4.79 Å². The number of benzene rings is 1. The second-order valence-electron chi connectivity index (χ2n) is 5.74. The molecule has 23 heavy (non-hydrogen) atoms. The Bertz CT molecular complexity index is 488. The minimum absolute atomic E-state index is 0.0222. The number of nitrogens with one attached hydrogen (secondary N) is 1. The normalized spacial score (nSPS) is 16.1. The Morgan fingerprint density at radius 3 is 2.57 bits per heavy atom. The van der Waals surface area contributed by atoms with Crippen LogP contribution in [0.3, 0.4) is 0 Å². The van der Waals surface area contributed by atoms with E-state index in [1.54, 1.807) is 7.11 Å². The van der Waals surface area contributed by atoms with Gasteiger partial charge in [-0.3, -0.25) is 9.69 Å². The largest absolute Gasteiger partial charge is 0.493 e.